The van der Waals surface area contributed by atoms with Crippen LogP contribution in [-0.2, 0) is 17.8 Å². The molecule has 0 bridgehead atoms. The monoisotopic (exact) mass is 463 g/mol. The normalized spacial score (nSPS) is 12.0. The lowest BCUT2D eigenvalue weighted by Gasteiger charge is -2.15. The van der Waals surface area contributed by atoms with Crippen LogP contribution in [0.2, 0.25) is 0 Å². The summed E-state index contributed by atoms with van der Waals surface area (Å²) in [6, 6.07) is 22.0. The second kappa shape index (κ2) is 10.6. The summed E-state index contributed by atoms with van der Waals surface area (Å²) >= 11 is 2.71. The minimum atomic E-state index is -0.0620. The lowest BCUT2D eigenvalue weighted by Crippen LogP contribution is -2.34. The lowest BCUT2D eigenvalue weighted by molar-refractivity contribution is -0.119. The number of fused-ring (bicyclic) bond motifs is 1. The van der Waals surface area contributed by atoms with Gasteiger partial charge in [0.1, 0.15) is 4.70 Å². The highest BCUT2D eigenvalue weighted by Crippen LogP contribution is 2.21. The number of aromatic nitrogens is 2. The molecule has 2 aromatic heterocycles. The molecule has 32 heavy (non-hydrogen) atoms. The number of carbonyl (C=O) groups excluding carboxylic acids is 1. The first kappa shape index (κ1) is 22.3. The van der Waals surface area contributed by atoms with E-state index in [2.05, 4.69) is 22.4 Å². The molecule has 0 fully saturated rings. The molecule has 1 N–H and O–H groups in total. The van der Waals surface area contributed by atoms with Crippen LogP contribution in [-0.4, -0.2) is 27.3 Å². The molecule has 4 rings (SSSR count). The topological polar surface area (TPSA) is 64.0 Å². The van der Waals surface area contributed by atoms with Gasteiger partial charge in [0.05, 0.1) is 17.8 Å². The first-order valence-corrected chi connectivity index (χ1v) is 12.4. The smallest absolute Gasteiger partial charge is 0.272 e. The molecule has 5 nitrogen and oxygen atoms in total. The third-order valence-electron chi connectivity index (χ3n) is 5.16. The number of nitrogens with zero attached hydrogens (tertiary/aromatic N) is 2. The maximum absolute atomic E-state index is 13.1. The van der Waals surface area contributed by atoms with Crippen molar-refractivity contribution in [3.63, 3.8) is 0 Å². The third kappa shape index (κ3) is 5.66. The molecule has 2 aromatic carbocycles. The Morgan fingerprint density at radius 2 is 1.75 bits per heavy atom. The van der Waals surface area contributed by atoms with E-state index in [1.165, 1.54) is 28.7 Å². The summed E-state index contributed by atoms with van der Waals surface area (Å²) in [6.07, 6.45) is 1.79. The molecule has 1 atom stereocenters. The van der Waals surface area contributed by atoms with E-state index in [1.807, 2.05) is 66.9 Å². The van der Waals surface area contributed by atoms with Crippen molar-refractivity contribution in [3.8, 4) is 0 Å². The Morgan fingerprint density at radius 3 is 2.47 bits per heavy atom. The van der Waals surface area contributed by atoms with Crippen LogP contribution in [0.5, 0.6) is 0 Å². The zero-order valence-corrected chi connectivity index (χ0v) is 19.5. The molecule has 4 aromatic rings. The molecule has 1 amide bonds. The quantitative estimate of drug-likeness (QED) is 0.288. The summed E-state index contributed by atoms with van der Waals surface area (Å²) in [5, 5.41) is 5.51. The highest BCUT2D eigenvalue weighted by atomic mass is 32.2. The number of nitrogens with one attached hydrogen (secondary N) is 1. The maximum atomic E-state index is 13.1. The van der Waals surface area contributed by atoms with Gasteiger partial charge in [-0.05, 0) is 42.3 Å². The molecule has 164 valence electrons. The molecule has 0 saturated carbocycles. The van der Waals surface area contributed by atoms with E-state index >= 15 is 0 Å². The second-order valence-electron chi connectivity index (χ2n) is 7.69. The fourth-order valence-corrected chi connectivity index (χ4v) is 5.07. The number of amides is 1. The van der Waals surface area contributed by atoms with Crippen LogP contribution in [0.25, 0.3) is 10.2 Å². The van der Waals surface area contributed by atoms with E-state index in [4.69, 9.17) is 0 Å². The van der Waals surface area contributed by atoms with Crippen molar-refractivity contribution in [2.24, 2.45) is 0 Å². The van der Waals surface area contributed by atoms with Gasteiger partial charge < -0.3 is 5.32 Å². The van der Waals surface area contributed by atoms with Gasteiger partial charge >= 0.3 is 0 Å². The number of thiophene rings is 1. The largest absolute Gasteiger partial charge is 0.353 e. The third-order valence-corrected chi connectivity index (χ3v) is 7.03. The second-order valence-corrected chi connectivity index (χ2v) is 9.55. The van der Waals surface area contributed by atoms with Crippen LogP contribution in [0.1, 0.15) is 24.5 Å². The van der Waals surface area contributed by atoms with E-state index in [9.17, 15) is 9.59 Å². The fraction of sp³-hybridized carbons (Fsp3) is 0.240. The van der Waals surface area contributed by atoms with Gasteiger partial charge in [0, 0.05) is 6.04 Å². The summed E-state index contributed by atoms with van der Waals surface area (Å²) in [7, 11) is 0. The Bertz CT molecular complexity index is 1240. The Hall–Kier alpha value is -2.90. The number of rotatable bonds is 9. The lowest BCUT2D eigenvalue weighted by atomic mass is 10.1. The predicted octanol–water partition coefficient (Wildman–Crippen LogP) is 4.74. The molecule has 0 unspecified atom stereocenters. The van der Waals surface area contributed by atoms with Crippen LogP contribution < -0.4 is 10.9 Å². The van der Waals surface area contributed by atoms with Crippen molar-refractivity contribution in [2.45, 2.75) is 37.5 Å². The van der Waals surface area contributed by atoms with Crippen LogP contribution in [0.3, 0.4) is 0 Å². The van der Waals surface area contributed by atoms with Gasteiger partial charge in [-0.2, -0.15) is 0 Å². The van der Waals surface area contributed by atoms with Crippen molar-refractivity contribution in [1.82, 2.24) is 14.9 Å². The number of thioether (sulfide) groups is 1. The van der Waals surface area contributed by atoms with Crippen LogP contribution in [0.15, 0.2) is 82.1 Å². The fourth-order valence-electron chi connectivity index (χ4n) is 3.49. The molecular formula is C25H25N3O2S2. The Balaban J connectivity index is 1.42. The average molecular weight is 464 g/mol. The standard InChI is InChI=1S/C25H25N3O2S2/c1-18(12-13-19-8-4-2-5-9-19)26-22(29)17-32-25-27-21-14-15-31-23(21)24(30)28(25)16-20-10-6-3-7-11-20/h2-11,14-15,18H,12-13,16-17H2,1H3,(H,26,29)/t18-/m1/s1. The van der Waals surface area contributed by atoms with Crippen molar-refractivity contribution >= 4 is 39.2 Å². The maximum Gasteiger partial charge on any atom is 0.272 e. The molecule has 2 heterocycles. The summed E-state index contributed by atoms with van der Waals surface area (Å²) in [5.74, 6) is 0.161. The van der Waals surface area contributed by atoms with Gasteiger partial charge in [-0.1, -0.05) is 72.4 Å². The molecule has 7 heteroatoms. The highest BCUT2D eigenvalue weighted by molar-refractivity contribution is 7.99. The summed E-state index contributed by atoms with van der Waals surface area (Å²) in [5.41, 5.74) is 2.91. The predicted molar refractivity (Wildman–Crippen MR) is 133 cm³/mol. The van der Waals surface area contributed by atoms with E-state index in [0.717, 1.165) is 18.4 Å². The van der Waals surface area contributed by atoms with Gasteiger partial charge in [0.25, 0.3) is 5.56 Å². The van der Waals surface area contributed by atoms with Crippen molar-refractivity contribution in [3.05, 3.63) is 93.6 Å². The van der Waals surface area contributed by atoms with E-state index in [1.54, 1.807) is 4.57 Å². The SMILES string of the molecule is C[C@H](CCc1ccccc1)NC(=O)CSc1nc2ccsc2c(=O)n1Cc1ccccc1. The Morgan fingerprint density at radius 1 is 1.06 bits per heavy atom. The number of carbonyl (C=O) groups is 1. The minimum absolute atomic E-state index is 0.0542. The van der Waals surface area contributed by atoms with Gasteiger partial charge in [0.2, 0.25) is 5.91 Å². The van der Waals surface area contributed by atoms with Gasteiger partial charge in [-0.25, -0.2) is 4.98 Å². The summed E-state index contributed by atoms with van der Waals surface area (Å²) in [4.78, 5) is 30.3. The van der Waals surface area contributed by atoms with E-state index < -0.39 is 0 Å². The van der Waals surface area contributed by atoms with E-state index in [0.29, 0.717) is 21.9 Å². The van der Waals surface area contributed by atoms with Crippen LogP contribution in [0.4, 0.5) is 0 Å². The molecule has 0 saturated heterocycles. The van der Waals surface area contributed by atoms with Crippen molar-refractivity contribution in [2.75, 3.05) is 5.75 Å². The Kier molecular flexibility index (Phi) is 7.39. The van der Waals surface area contributed by atoms with Gasteiger partial charge in [-0.15, -0.1) is 11.3 Å². The number of hydrogen-bond acceptors (Lipinski definition) is 5. The number of hydrogen-bond donors (Lipinski definition) is 1. The summed E-state index contributed by atoms with van der Waals surface area (Å²) < 4.78 is 2.31. The summed E-state index contributed by atoms with van der Waals surface area (Å²) in [6.45, 7) is 2.45. The first-order valence-electron chi connectivity index (χ1n) is 10.6. The van der Waals surface area contributed by atoms with E-state index in [-0.39, 0.29) is 23.3 Å². The molecule has 0 spiro atoms. The number of aryl methyl sites for hydroxylation is 1. The Labute approximate surface area is 195 Å². The highest BCUT2D eigenvalue weighted by Gasteiger charge is 2.15. The van der Waals surface area contributed by atoms with Crippen molar-refractivity contribution < 1.29 is 4.79 Å². The van der Waals surface area contributed by atoms with Crippen molar-refractivity contribution in [1.29, 1.82) is 0 Å². The van der Waals surface area contributed by atoms with Gasteiger partial charge in [0.15, 0.2) is 5.16 Å². The zero-order chi connectivity index (χ0) is 22.3. The molecule has 0 radical (unpaired) electrons. The first-order chi connectivity index (χ1) is 15.6. The van der Waals surface area contributed by atoms with Crippen LogP contribution in [0, 0.1) is 0 Å². The number of benzene rings is 2. The average Bonchev–Trinajstić information content (AvgIpc) is 3.29. The molecule has 0 aliphatic heterocycles. The van der Waals surface area contributed by atoms with Gasteiger partial charge in [-0.3, -0.25) is 14.2 Å². The van der Waals surface area contributed by atoms with Crippen LogP contribution >= 0.6 is 23.1 Å². The minimum Gasteiger partial charge on any atom is -0.353 e. The molecular weight excluding hydrogens is 438 g/mol. The molecule has 0 aliphatic carbocycles. The zero-order valence-electron chi connectivity index (χ0n) is 17.9. The molecule has 0 aliphatic rings.